The Morgan fingerprint density at radius 3 is 2.61 bits per heavy atom. The van der Waals surface area contributed by atoms with E-state index >= 15 is 0 Å². The van der Waals surface area contributed by atoms with Gasteiger partial charge in [-0.3, -0.25) is 9.59 Å². The number of nitrogens with zero attached hydrogens (tertiary/aromatic N) is 2. The molecule has 1 aromatic carbocycles. The molecule has 1 aliphatic heterocycles. The molecule has 1 aromatic rings. The molecule has 2 rings (SSSR count). The number of anilines is 1. The van der Waals surface area contributed by atoms with Crippen LogP contribution in [-0.2, 0) is 19.6 Å². The maximum Gasteiger partial charge on any atom is 0.243 e. The van der Waals surface area contributed by atoms with E-state index in [1.807, 2.05) is 0 Å². The number of sulfonamides is 1. The van der Waals surface area contributed by atoms with Gasteiger partial charge in [0.2, 0.25) is 21.8 Å². The Kier molecular flexibility index (Phi) is 5.00. The van der Waals surface area contributed by atoms with Crippen molar-refractivity contribution in [3.05, 3.63) is 24.0 Å². The van der Waals surface area contributed by atoms with Gasteiger partial charge < -0.3 is 10.2 Å². The fraction of sp³-hybridized carbons (Fsp3) is 0.429. The molecule has 0 saturated carbocycles. The normalized spacial score (nSPS) is 17.0. The van der Waals surface area contributed by atoms with Gasteiger partial charge in [0.1, 0.15) is 5.82 Å². The molecule has 7 nitrogen and oxygen atoms in total. The second-order valence-electron chi connectivity index (χ2n) is 5.29. The molecular weight excluding hydrogens is 325 g/mol. The fourth-order valence-corrected chi connectivity index (χ4v) is 3.71. The molecule has 0 unspecified atom stereocenters. The minimum absolute atomic E-state index is 0.0678. The summed E-state index contributed by atoms with van der Waals surface area (Å²) >= 11 is 0. The van der Waals surface area contributed by atoms with E-state index in [-0.39, 0.29) is 42.5 Å². The fourth-order valence-electron chi connectivity index (χ4n) is 2.25. The van der Waals surface area contributed by atoms with E-state index in [0.717, 1.165) is 18.2 Å². The molecule has 0 radical (unpaired) electrons. The van der Waals surface area contributed by atoms with Crippen LogP contribution in [0.5, 0.6) is 0 Å². The van der Waals surface area contributed by atoms with Crippen LogP contribution in [0.2, 0.25) is 0 Å². The molecule has 0 aromatic heterocycles. The summed E-state index contributed by atoms with van der Waals surface area (Å²) in [6.45, 7) is 1.73. The lowest BCUT2D eigenvalue weighted by Crippen LogP contribution is -2.34. The number of carbonyl (C=O) groups is 2. The zero-order valence-corrected chi connectivity index (χ0v) is 13.7. The van der Waals surface area contributed by atoms with Crippen LogP contribution in [0.1, 0.15) is 13.3 Å². The predicted octanol–water partition coefficient (Wildman–Crippen LogP) is 0.637. The van der Waals surface area contributed by atoms with Crippen molar-refractivity contribution < 1.29 is 22.4 Å². The summed E-state index contributed by atoms with van der Waals surface area (Å²) in [7, 11) is -2.25. The number of carbonyl (C=O) groups excluding carboxylic acids is 2. The van der Waals surface area contributed by atoms with Gasteiger partial charge in [-0.2, -0.15) is 4.31 Å². The average molecular weight is 343 g/mol. The summed E-state index contributed by atoms with van der Waals surface area (Å²) in [5, 5.41) is 2.26. The monoisotopic (exact) mass is 343 g/mol. The Labute approximate surface area is 134 Å². The average Bonchev–Trinajstić information content (AvgIpc) is 2.64. The number of nitrogens with one attached hydrogen (secondary N) is 1. The van der Waals surface area contributed by atoms with Crippen LogP contribution in [-0.4, -0.2) is 56.1 Å². The first-order valence-corrected chi connectivity index (χ1v) is 8.47. The van der Waals surface area contributed by atoms with E-state index in [9.17, 15) is 22.4 Å². The SMILES string of the molecule is CC(=O)Nc1cc(S(=O)(=O)N2CCC(=O)N(C)CC2)ccc1F. The summed E-state index contributed by atoms with van der Waals surface area (Å²) in [5.41, 5.74) is -0.193. The third-order valence-corrected chi connectivity index (χ3v) is 5.47. The molecule has 1 heterocycles. The van der Waals surface area contributed by atoms with Gasteiger partial charge in [-0.25, -0.2) is 12.8 Å². The highest BCUT2D eigenvalue weighted by molar-refractivity contribution is 7.89. The third-order valence-electron chi connectivity index (χ3n) is 3.57. The highest BCUT2D eigenvalue weighted by Gasteiger charge is 2.29. The summed E-state index contributed by atoms with van der Waals surface area (Å²) in [4.78, 5) is 24.1. The molecule has 0 aliphatic carbocycles. The number of amides is 2. The van der Waals surface area contributed by atoms with E-state index in [0.29, 0.717) is 0 Å². The van der Waals surface area contributed by atoms with Crippen LogP contribution in [0.25, 0.3) is 0 Å². The topological polar surface area (TPSA) is 86.8 Å². The summed E-state index contributed by atoms with van der Waals surface area (Å²) in [5.74, 6) is -1.34. The van der Waals surface area contributed by atoms with Crippen molar-refractivity contribution in [1.29, 1.82) is 0 Å². The van der Waals surface area contributed by atoms with Gasteiger partial charge >= 0.3 is 0 Å². The lowest BCUT2D eigenvalue weighted by Gasteiger charge is -2.20. The maximum atomic E-state index is 13.7. The van der Waals surface area contributed by atoms with Crippen molar-refractivity contribution in [3.8, 4) is 0 Å². The first-order chi connectivity index (χ1) is 10.7. The first kappa shape index (κ1) is 17.4. The van der Waals surface area contributed by atoms with Crippen LogP contribution in [0.3, 0.4) is 0 Å². The van der Waals surface area contributed by atoms with E-state index in [1.54, 1.807) is 7.05 Å². The molecule has 23 heavy (non-hydrogen) atoms. The summed E-state index contributed by atoms with van der Waals surface area (Å²) < 4.78 is 40.2. The van der Waals surface area contributed by atoms with Gasteiger partial charge in [0.05, 0.1) is 10.6 Å². The van der Waals surface area contributed by atoms with E-state index < -0.39 is 21.7 Å². The van der Waals surface area contributed by atoms with Crippen LogP contribution < -0.4 is 5.32 Å². The molecule has 1 saturated heterocycles. The molecule has 1 N–H and O–H groups in total. The van der Waals surface area contributed by atoms with Crippen molar-refractivity contribution in [2.45, 2.75) is 18.2 Å². The quantitative estimate of drug-likeness (QED) is 0.872. The molecular formula is C14H18FN3O4S. The Bertz CT molecular complexity index is 736. The Morgan fingerprint density at radius 2 is 1.96 bits per heavy atom. The Balaban J connectivity index is 2.32. The first-order valence-electron chi connectivity index (χ1n) is 7.03. The van der Waals surface area contributed by atoms with Crippen molar-refractivity contribution in [2.24, 2.45) is 0 Å². The molecule has 9 heteroatoms. The number of benzene rings is 1. The minimum atomic E-state index is -3.87. The Morgan fingerprint density at radius 1 is 1.26 bits per heavy atom. The largest absolute Gasteiger partial charge is 0.344 e. The lowest BCUT2D eigenvalue weighted by atomic mass is 10.3. The van der Waals surface area contributed by atoms with Crippen LogP contribution in [0.4, 0.5) is 10.1 Å². The molecule has 0 atom stereocenters. The Hall–Kier alpha value is -2.00. The zero-order valence-electron chi connectivity index (χ0n) is 12.9. The predicted molar refractivity (Wildman–Crippen MR) is 81.7 cm³/mol. The minimum Gasteiger partial charge on any atom is -0.344 e. The molecule has 0 bridgehead atoms. The lowest BCUT2D eigenvalue weighted by molar-refractivity contribution is -0.129. The second-order valence-corrected chi connectivity index (χ2v) is 7.23. The second kappa shape index (κ2) is 6.63. The van der Waals surface area contributed by atoms with Gasteiger partial charge in [0, 0.05) is 40.0 Å². The van der Waals surface area contributed by atoms with E-state index in [4.69, 9.17) is 0 Å². The van der Waals surface area contributed by atoms with E-state index in [2.05, 4.69) is 5.32 Å². The van der Waals surface area contributed by atoms with E-state index in [1.165, 1.54) is 16.1 Å². The highest BCUT2D eigenvalue weighted by Crippen LogP contribution is 2.23. The van der Waals surface area contributed by atoms with Crippen LogP contribution >= 0.6 is 0 Å². The maximum absolute atomic E-state index is 13.7. The van der Waals surface area contributed by atoms with Crippen molar-refractivity contribution in [1.82, 2.24) is 9.21 Å². The van der Waals surface area contributed by atoms with Gasteiger partial charge in [-0.05, 0) is 18.2 Å². The van der Waals surface area contributed by atoms with Gasteiger partial charge in [0.15, 0.2) is 0 Å². The van der Waals surface area contributed by atoms with Crippen molar-refractivity contribution in [3.63, 3.8) is 0 Å². The number of hydrogen-bond acceptors (Lipinski definition) is 4. The summed E-state index contributed by atoms with van der Waals surface area (Å²) in [6.07, 6.45) is 0.0927. The van der Waals surface area contributed by atoms with Crippen molar-refractivity contribution >= 4 is 27.5 Å². The van der Waals surface area contributed by atoms with Gasteiger partial charge in [-0.15, -0.1) is 0 Å². The zero-order chi connectivity index (χ0) is 17.2. The third kappa shape index (κ3) is 3.85. The standard InChI is InChI=1S/C14H18FN3O4S/c1-10(19)16-13-9-11(3-4-12(13)15)23(21,22)18-6-5-14(20)17(2)7-8-18/h3-4,9H,5-8H2,1-2H3,(H,16,19). The molecule has 126 valence electrons. The van der Waals surface area contributed by atoms with Crippen LogP contribution in [0, 0.1) is 5.82 Å². The molecule has 0 spiro atoms. The number of halogens is 1. The highest BCUT2D eigenvalue weighted by atomic mass is 32.2. The number of likely N-dealkylation sites (N-methyl/N-ethyl adjacent to an activating group) is 1. The van der Waals surface area contributed by atoms with Crippen LogP contribution in [0.15, 0.2) is 23.1 Å². The summed E-state index contributed by atoms with van der Waals surface area (Å²) in [6, 6.07) is 3.22. The molecule has 1 fully saturated rings. The van der Waals surface area contributed by atoms with Gasteiger partial charge in [0.25, 0.3) is 0 Å². The number of rotatable bonds is 3. The molecule has 1 aliphatic rings. The van der Waals surface area contributed by atoms with Crippen molar-refractivity contribution in [2.75, 3.05) is 32.0 Å². The van der Waals surface area contributed by atoms with Gasteiger partial charge in [-0.1, -0.05) is 0 Å². The molecule has 2 amide bonds. The smallest absolute Gasteiger partial charge is 0.243 e. The number of hydrogen-bond donors (Lipinski definition) is 1.